The fraction of sp³-hybridized carbons (Fsp3) is 0.471. The number of hydrogen-bond donors (Lipinski definition) is 1. The van der Waals surface area contributed by atoms with E-state index in [1.807, 2.05) is 6.20 Å². The van der Waals surface area contributed by atoms with E-state index in [4.69, 9.17) is 0 Å². The number of nitrogens with one attached hydrogen (secondary N) is 1. The number of thiazole rings is 1. The molecule has 0 spiro atoms. The number of hydrogen-bond acceptors (Lipinski definition) is 4. The molecule has 1 saturated heterocycles. The molecule has 21 heavy (non-hydrogen) atoms. The lowest BCUT2D eigenvalue weighted by atomic mass is 9.91. The van der Waals surface area contributed by atoms with Gasteiger partial charge in [-0.3, -0.25) is 4.90 Å². The Hall–Kier alpha value is -1.23. The molecule has 2 aromatic rings. The van der Waals surface area contributed by atoms with Crippen molar-refractivity contribution in [1.82, 2.24) is 15.2 Å². The van der Waals surface area contributed by atoms with Gasteiger partial charge in [0.05, 0.1) is 11.6 Å². The molecule has 1 fully saturated rings. The molecule has 0 amide bonds. The van der Waals surface area contributed by atoms with Gasteiger partial charge in [-0.15, -0.1) is 11.3 Å². The summed E-state index contributed by atoms with van der Waals surface area (Å²) >= 11 is 1.75. The van der Waals surface area contributed by atoms with Crippen molar-refractivity contribution in [2.75, 3.05) is 19.6 Å². The largest absolute Gasteiger partial charge is 0.307 e. The minimum Gasteiger partial charge on any atom is -0.307 e. The van der Waals surface area contributed by atoms with E-state index in [0.717, 1.165) is 19.6 Å². The Morgan fingerprint density at radius 2 is 2.14 bits per heavy atom. The third-order valence-corrected chi connectivity index (χ3v) is 5.37. The van der Waals surface area contributed by atoms with Gasteiger partial charge >= 0.3 is 0 Å². The first-order valence-corrected chi connectivity index (χ1v) is 8.51. The summed E-state index contributed by atoms with van der Waals surface area (Å²) in [4.78, 5) is 7.06. The molecule has 3 rings (SSSR count). The molecule has 4 heteroatoms. The number of nitrogens with zero attached hydrogens (tertiary/aromatic N) is 2. The minimum absolute atomic E-state index is 0.00325. The van der Waals surface area contributed by atoms with E-state index >= 15 is 0 Å². The van der Waals surface area contributed by atoms with Crippen LogP contribution in [0.4, 0.5) is 0 Å². The third kappa shape index (κ3) is 3.18. The predicted molar refractivity (Wildman–Crippen MR) is 88.5 cm³/mol. The van der Waals surface area contributed by atoms with Gasteiger partial charge in [0.1, 0.15) is 5.01 Å². The van der Waals surface area contributed by atoms with Gasteiger partial charge in [-0.1, -0.05) is 30.3 Å². The van der Waals surface area contributed by atoms with Gasteiger partial charge in [-0.2, -0.15) is 0 Å². The maximum Gasteiger partial charge on any atom is 0.109 e. The van der Waals surface area contributed by atoms with E-state index in [-0.39, 0.29) is 5.54 Å². The maximum absolute atomic E-state index is 4.50. The van der Waals surface area contributed by atoms with Crippen LogP contribution in [-0.4, -0.2) is 29.5 Å². The van der Waals surface area contributed by atoms with Crippen LogP contribution in [0.25, 0.3) is 0 Å². The zero-order chi connectivity index (χ0) is 14.7. The molecule has 2 unspecified atom stereocenters. The molecule has 3 nitrogen and oxygen atoms in total. The fourth-order valence-electron chi connectivity index (χ4n) is 3.11. The minimum atomic E-state index is 0.00325. The first-order valence-electron chi connectivity index (χ1n) is 7.63. The molecule has 0 saturated carbocycles. The van der Waals surface area contributed by atoms with Gasteiger partial charge in [0.25, 0.3) is 0 Å². The average Bonchev–Trinajstić information content (AvgIpc) is 2.97. The standard InChI is InChI=1S/C17H23N3S/c1-14(16-18-10-12-21-16)20-11-6-9-19-17(2,13-20)15-7-4-3-5-8-15/h3-5,7-8,10,12,14,19H,6,9,11,13H2,1-2H3. The summed E-state index contributed by atoms with van der Waals surface area (Å²) in [6.45, 7) is 7.78. The predicted octanol–water partition coefficient (Wildman–Crippen LogP) is 3.41. The Bertz CT molecular complexity index is 555. The van der Waals surface area contributed by atoms with Gasteiger partial charge in [-0.25, -0.2) is 4.98 Å². The molecule has 0 radical (unpaired) electrons. The van der Waals surface area contributed by atoms with Crippen molar-refractivity contribution in [1.29, 1.82) is 0 Å². The van der Waals surface area contributed by atoms with Crippen molar-refractivity contribution in [3.05, 3.63) is 52.5 Å². The molecule has 2 atom stereocenters. The summed E-state index contributed by atoms with van der Waals surface area (Å²) in [5, 5.41) is 7.03. The van der Waals surface area contributed by atoms with Crippen molar-refractivity contribution < 1.29 is 0 Å². The lowest BCUT2D eigenvalue weighted by Crippen LogP contribution is -2.46. The molecule has 1 aromatic heterocycles. The Balaban J connectivity index is 1.84. The van der Waals surface area contributed by atoms with Crippen molar-refractivity contribution in [3.63, 3.8) is 0 Å². The summed E-state index contributed by atoms with van der Waals surface area (Å²) in [7, 11) is 0. The summed E-state index contributed by atoms with van der Waals surface area (Å²) in [6.07, 6.45) is 3.08. The van der Waals surface area contributed by atoms with Crippen molar-refractivity contribution in [3.8, 4) is 0 Å². The van der Waals surface area contributed by atoms with E-state index in [0.29, 0.717) is 6.04 Å². The number of benzene rings is 1. The van der Waals surface area contributed by atoms with Crippen LogP contribution >= 0.6 is 11.3 Å². The highest BCUT2D eigenvalue weighted by atomic mass is 32.1. The second kappa shape index (κ2) is 6.26. The molecule has 2 heterocycles. The highest BCUT2D eigenvalue weighted by Crippen LogP contribution is 2.30. The fourth-order valence-corrected chi connectivity index (χ4v) is 3.84. The van der Waals surface area contributed by atoms with Crippen LogP contribution in [-0.2, 0) is 5.54 Å². The molecule has 1 aliphatic rings. The highest BCUT2D eigenvalue weighted by molar-refractivity contribution is 7.09. The van der Waals surface area contributed by atoms with Crippen LogP contribution in [0.3, 0.4) is 0 Å². The van der Waals surface area contributed by atoms with Gasteiger partial charge in [0.15, 0.2) is 0 Å². The van der Waals surface area contributed by atoms with Crippen LogP contribution in [0.2, 0.25) is 0 Å². The van der Waals surface area contributed by atoms with Gasteiger partial charge in [0, 0.05) is 24.7 Å². The maximum atomic E-state index is 4.50. The summed E-state index contributed by atoms with van der Waals surface area (Å²) in [5.41, 5.74) is 1.37. The Labute approximate surface area is 131 Å². The Morgan fingerprint density at radius 1 is 1.33 bits per heavy atom. The SMILES string of the molecule is CC(c1nccs1)N1CCCNC(C)(c2ccccc2)C1. The van der Waals surface area contributed by atoms with Gasteiger partial charge in [-0.05, 0) is 32.4 Å². The van der Waals surface area contributed by atoms with Crippen molar-refractivity contribution in [2.24, 2.45) is 0 Å². The lowest BCUT2D eigenvalue weighted by Gasteiger charge is -2.36. The van der Waals surface area contributed by atoms with E-state index < -0.39 is 0 Å². The summed E-state index contributed by atoms with van der Waals surface area (Å²) in [5.74, 6) is 0. The number of aromatic nitrogens is 1. The molecular formula is C17H23N3S. The van der Waals surface area contributed by atoms with Crippen LogP contribution < -0.4 is 5.32 Å². The Kier molecular flexibility index (Phi) is 4.38. The first-order chi connectivity index (χ1) is 10.2. The van der Waals surface area contributed by atoms with Crippen LogP contribution in [0.5, 0.6) is 0 Å². The van der Waals surface area contributed by atoms with E-state index in [9.17, 15) is 0 Å². The van der Waals surface area contributed by atoms with Gasteiger partial charge < -0.3 is 5.32 Å². The smallest absolute Gasteiger partial charge is 0.109 e. The van der Waals surface area contributed by atoms with Crippen LogP contribution in [0, 0.1) is 0 Å². The van der Waals surface area contributed by atoms with Crippen LogP contribution in [0.15, 0.2) is 41.9 Å². The second-order valence-electron chi connectivity index (χ2n) is 6.00. The lowest BCUT2D eigenvalue weighted by molar-refractivity contribution is 0.172. The van der Waals surface area contributed by atoms with Crippen LogP contribution in [0.1, 0.15) is 36.9 Å². The normalized spacial score (nSPS) is 25.4. The molecule has 0 aliphatic carbocycles. The van der Waals surface area contributed by atoms with Crippen molar-refractivity contribution >= 4 is 11.3 Å². The van der Waals surface area contributed by atoms with E-state index in [2.05, 4.69) is 64.8 Å². The summed E-state index contributed by atoms with van der Waals surface area (Å²) < 4.78 is 0. The first kappa shape index (κ1) is 14.7. The molecule has 112 valence electrons. The topological polar surface area (TPSA) is 28.2 Å². The molecule has 0 bridgehead atoms. The quantitative estimate of drug-likeness (QED) is 0.941. The highest BCUT2D eigenvalue weighted by Gasteiger charge is 2.33. The van der Waals surface area contributed by atoms with E-state index in [1.54, 1.807) is 11.3 Å². The average molecular weight is 301 g/mol. The molecular weight excluding hydrogens is 278 g/mol. The monoisotopic (exact) mass is 301 g/mol. The molecule has 1 aliphatic heterocycles. The summed E-state index contributed by atoms with van der Waals surface area (Å²) in [6, 6.07) is 11.2. The third-order valence-electron chi connectivity index (χ3n) is 4.42. The van der Waals surface area contributed by atoms with Crippen molar-refractivity contribution in [2.45, 2.75) is 31.8 Å². The van der Waals surface area contributed by atoms with E-state index in [1.165, 1.54) is 17.0 Å². The molecule has 1 N–H and O–H groups in total. The number of rotatable bonds is 3. The zero-order valence-electron chi connectivity index (χ0n) is 12.7. The van der Waals surface area contributed by atoms with Gasteiger partial charge in [0.2, 0.25) is 0 Å². The zero-order valence-corrected chi connectivity index (χ0v) is 13.6. The second-order valence-corrected chi connectivity index (χ2v) is 6.92. The Morgan fingerprint density at radius 3 is 2.86 bits per heavy atom. The molecule has 1 aromatic carbocycles.